The Balaban J connectivity index is 1.43. The van der Waals surface area contributed by atoms with Crippen molar-refractivity contribution >= 4 is 72.2 Å². The van der Waals surface area contributed by atoms with E-state index >= 15 is 0 Å². The van der Waals surface area contributed by atoms with Crippen molar-refractivity contribution in [3.8, 4) is 0 Å². The Kier molecular flexibility index (Phi) is 5.93. The van der Waals surface area contributed by atoms with E-state index in [1.807, 2.05) is 47.8 Å². The minimum absolute atomic E-state index is 0.403. The third kappa shape index (κ3) is 5.10. The van der Waals surface area contributed by atoms with Crippen LogP contribution in [0.4, 0.5) is 0 Å². The van der Waals surface area contributed by atoms with Gasteiger partial charge < -0.3 is 0 Å². The van der Waals surface area contributed by atoms with Crippen molar-refractivity contribution in [3.05, 3.63) is 48.5 Å². The molecule has 2 aliphatic rings. The number of benzene rings is 2. The zero-order chi connectivity index (χ0) is 17.3. The van der Waals surface area contributed by atoms with Gasteiger partial charge >= 0.3 is 172 Å². The SMILES string of the molecule is O=S(=O)(c1ccc([Se]CC2CS2)cc1)c1ccc([Se]CC2CS2)cc1. The zero-order valence-corrected chi connectivity index (χ0v) is 19.3. The molecule has 2 atom stereocenters. The first-order valence-electron chi connectivity index (χ1n) is 8.05. The van der Waals surface area contributed by atoms with Crippen LogP contribution in [0.5, 0.6) is 0 Å². The maximum absolute atomic E-state index is 12.8. The predicted octanol–water partition coefficient (Wildman–Crippen LogP) is 2.25. The molecule has 0 amide bonds. The van der Waals surface area contributed by atoms with Crippen molar-refractivity contribution < 1.29 is 8.42 Å². The van der Waals surface area contributed by atoms with Gasteiger partial charge in [-0.05, 0) is 0 Å². The van der Waals surface area contributed by atoms with Crippen LogP contribution in [0.2, 0.25) is 10.6 Å². The Morgan fingerprint density at radius 1 is 0.760 bits per heavy atom. The summed E-state index contributed by atoms with van der Waals surface area (Å²) >= 11 is 4.96. The summed E-state index contributed by atoms with van der Waals surface area (Å²) < 4.78 is 28.2. The molecule has 2 aliphatic heterocycles. The van der Waals surface area contributed by atoms with Crippen molar-refractivity contribution in [2.45, 2.75) is 30.9 Å². The average molecular weight is 520 g/mol. The third-order valence-electron chi connectivity index (χ3n) is 3.94. The summed E-state index contributed by atoms with van der Waals surface area (Å²) in [5.74, 6) is 2.59. The second-order valence-electron chi connectivity index (χ2n) is 5.98. The van der Waals surface area contributed by atoms with Gasteiger partial charge in [-0.3, -0.25) is 0 Å². The Labute approximate surface area is 170 Å². The molecule has 0 radical (unpaired) electrons. The van der Waals surface area contributed by atoms with Crippen LogP contribution in [-0.2, 0) is 9.84 Å². The van der Waals surface area contributed by atoms with Crippen LogP contribution in [0.15, 0.2) is 58.3 Å². The van der Waals surface area contributed by atoms with E-state index < -0.39 is 9.84 Å². The number of thioether (sulfide) groups is 2. The topological polar surface area (TPSA) is 34.1 Å². The summed E-state index contributed by atoms with van der Waals surface area (Å²) in [5.41, 5.74) is 0. The molecule has 132 valence electrons. The van der Waals surface area contributed by atoms with E-state index in [0.717, 1.165) is 10.5 Å². The first-order valence-corrected chi connectivity index (χ1v) is 15.8. The number of sulfone groups is 1. The summed E-state index contributed by atoms with van der Waals surface area (Å²) in [6, 6.07) is 15.1. The number of hydrogen-bond donors (Lipinski definition) is 0. The Morgan fingerprint density at radius 3 is 1.44 bits per heavy atom. The van der Waals surface area contributed by atoms with Gasteiger partial charge in [0.1, 0.15) is 0 Å². The third-order valence-corrected chi connectivity index (χ3v) is 13.6. The van der Waals surface area contributed by atoms with Crippen molar-refractivity contribution in [2.24, 2.45) is 0 Å². The van der Waals surface area contributed by atoms with E-state index in [4.69, 9.17) is 0 Å². The average Bonchev–Trinajstić information content (AvgIpc) is 3.54. The van der Waals surface area contributed by atoms with Crippen LogP contribution < -0.4 is 8.92 Å². The molecule has 0 N–H and O–H groups in total. The Hall–Kier alpha value is 0.129. The van der Waals surface area contributed by atoms with E-state index in [0.29, 0.717) is 39.7 Å². The molecule has 2 unspecified atom stereocenters. The molecule has 0 saturated carbocycles. The van der Waals surface area contributed by atoms with Gasteiger partial charge in [0.25, 0.3) is 0 Å². The van der Waals surface area contributed by atoms with Gasteiger partial charge in [-0.25, -0.2) is 0 Å². The fraction of sp³-hybridized carbons (Fsp3) is 0.333. The minimum atomic E-state index is -3.40. The standard InChI is InChI=1S/C18H18O2S3Se2/c19-23(20,15-1-5-17(6-2-15)24-11-13-9-21-13)16-3-7-18(8-4-16)25-12-14-10-22-14/h1-8,13-14H,9-12H2. The molecule has 0 spiro atoms. The van der Waals surface area contributed by atoms with Gasteiger partial charge in [-0.1, -0.05) is 0 Å². The van der Waals surface area contributed by atoms with E-state index in [2.05, 4.69) is 0 Å². The van der Waals surface area contributed by atoms with Crippen LogP contribution >= 0.6 is 23.5 Å². The molecule has 2 aromatic rings. The first-order chi connectivity index (χ1) is 12.1. The van der Waals surface area contributed by atoms with Gasteiger partial charge in [-0.2, -0.15) is 0 Å². The second-order valence-corrected chi connectivity index (χ2v) is 15.2. The molecule has 7 heteroatoms. The van der Waals surface area contributed by atoms with E-state index in [1.54, 1.807) is 24.3 Å². The molecular formula is C18H18O2S3Se2. The fourth-order valence-electron chi connectivity index (χ4n) is 2.27. The molecule has 2 nitrogen and oxygen atoms in total. The molecule has 0 aromatic heterocycles. The summed E-state index contributed by atoms with van der Waals surface area (Å²) in [5, 5.41) is 4.21. The quantitative estimate of drug-likeness (QED) is 0.395. The first kappa shape index (κ1) is 18.5. The van der Waals surface area contributed by atoms with E-state index in [9.17, 15) is 8.42 Å². The molecule has 0 aliphatic carbocycles. The summed E-state index contributed by atoms with van der Waals surface area (Å²) in [6.07, 6.45) is 0. The molecule has 2 aromatic carbocycles. The van der Waals surface area contributed by atoms with Crippen LogP contribution in [0, 0.1) is 0 Å². The van der Waals surface area contributed by atoms with Gasteiger partial charge in [0.2, 0.25) is 0 Å². The summed E-state index contributed by atoms with van der Waals surface area (Å²) in [6.45, 7) is 0. The molecule has 2 fully saturated rings. The van der Waals surface area contributed by atoms with Crippen molar-refractivity contribution in [3.63, 3.8) is 0 Å². The maximum atomic E-state index is 12.8. The molecule has 2 heterocycles. The Bertz CT molecular complexity index is 762. The van der Waals surface area contributed by atoms with Crippen molar-refractivity contribution in [1.82, 2.24) is 0 Å². The molecule has 2 saturated heterocycles. The van der Waals surface area contributed by atoms with Gasteiger partial charge in [0, 0.05) is 0 Å². The zero-order valence-electron chi connectivity index (χ0n) is 13.5. The van der Waals surface area contributed by atoms with E-state index in [-0.39, 0.29) is 0 Å². The van der Waals surface area contributed by atoms with Crippen molar-refractivity contribution in [2.75, 3.05) is 11.5 Å². The molecular weight excluding hydrogens is 502 g/mol. The molecule has 4 rings (SSSR count). The van der Waals surface area contributed by atoms with Gasteiger partial charge in [-0.15, -0.1) is 0 Å². The monoisotopic (exact) mass is 522 g/mol. The van der Waals surface area contributed by atoms with Crippen LogP contribution in [0.25, 0.3) is 0 Å². The molecule has 25 heavy (non-hydrogen) atoms. The molecule has 0 bridgehead atoms. The fourth-order valence-corrected chi connectivity index (χ4v) is 10.3. The Morgan fingerprint density at radius 2 is 1.12 bits per heavy atom. The van der Waals surface area contributed by atoms with Crippen LogP contribution in [-0.4, -0.2) is 60.3 Å². The van der Waals surface area contributed by atoms with Crippen LogP contribution in [0.1, 0.15) is 0 Å². The van der Waals surface area contributed by atoms with Gasteiger partial charge in [0.05, 0.1) is 0 Å². The number of hydrogen-bond acceptors (Lipinski definition) is 4. The van der Waals surface area contributed by atoms with Crippen molar-refractivity contribution in [1.29, 1.82) is 0 Å². The van der Waals surface area contributed by atoms with Crippen LogP contribution in [0.3, 0.4) is 0 Å². The summed E-state index contributed by atoms with van der Waals surface area (Å²) in [4.78, 5) is 0.806. The predicted molar refractivity (Wildman–Crippen MR) is 111 cm³/mol. The summed E-state index contributed by atoms with van der Waals surface area (Å²) in [7, 11) is -3.40. The second kappa shape index (κ2) is 8.02. The van der Waals surface area contributed by atoms with Gasteiger partial charge in [0.15, 0.2) is 0 Å². The van der Waals surface area contributed by atoms with E-state index in [1.165, 1.54) is 31.1 Å². The normalized spacial score (nSPS) is 21.9. The number of rotatable bonds is 8.